The Morgan fingerprint density at radius 2 is 0.810 bits per heavy atom. The molecule has 1 nitrogen and oxygen atoms in total. The van der Waals surface area contributed by atoms with Crippen LogP contribution < -0.4 is 0 Å². The van der Waals surface area contributed by atoms with Crippen LogP contribution in [0.4, 0.5) is 0 Å². The highest BCUT2D eigenvalue weighted by atomic mass is 15.0. The molecule has 0 radical (unpaired) electrons. The van der Waals surface area contributed by atoms with Gasteiger partial charge in [0.25, 0.3) is 0 Å². The SMILES string of the molecule is c1ccc2c(Cc3ccc(-c4ccc(-c5ccc(-n6c7ccccc7c7ccccc76)cc5)cc4)cc3)cccc2c1. The summed E-state index contributed by atoms with van der Waals surface area (Å²) in [5.74, 6) is 0. The van der Waals surface area contributed by atoms with E-state index < -0.39 is 0 Å². The van der Waals surface area contributed by atoms with Gasteiger partial charge in [0.1, 0.15) is 0 Å². The van der Waals surface area contributed by atoms with Crippen LogP contribution in [0.25, 0.3) is 60.5 Å². The summed E-state index contributed by atoms with van der Waals surface area (Å²) in [7, 11) is 0. The molecule has 0 aliphatic heterocycles. The van der Waals surface area contributed by atoms with Gasteiger partial charge in [0.15, 0.2) is 0 Å². The zero-order chi connectivity index (χ0) is 27.9. The molecular weight excluding hydrogens is 506 g/mol. The van der Waals surface area contributed by atoms with Crippen molar-refractivity contribution in [2.75, 3.05) is 0 Å². The molecule has 0 aliphatic rings. The fourth-order valence-corrected chi connectivity index (χ4v) is 6.34. The van der Waals surface area contributed by atoms with Crippen molar-refractivity contribution in [1.29, 1.82) is 0 Å². The molecule has 0 bridgehead atoms. The lowest BCUT2D eigenvalue weighted by molar-refractivity contribution is 1.18. The van der Waals surface area contributed by atoms with Crippen molar-refractivity contribution in [3.8, 4) is 27.9 Å². The van der Waals surface area contributed by atoms with Gasteiger partial charge in [0, 0.05) is 16.5 Å². The fraction of sp³-hybridized carbons (Fsp3) is 0.0244. The van der Waals surface area contributed by atoms with Crippen LogP contribution >= 0.6 is 0 Å². The lowest BCUT2D eigenvalue weighted by atomic mass is 9.96. The summed E-state index contributed by atoms with van der Waals surface area (Å²) in [6, 6.07) is 59.4. The van der Waals surface area contributed by atoms with Crippen LogP contribution in [0, 0.1) is 0 Å². The Labute approximate surface area is 245 Å². The Morgan fingerprint density at radius 3 is 1.40 bits per heavy atom. The van der Waals surface area contributed by atoms with Crippen LogP contribution in [0.3, 0.4) is 0 Å². The number of rotatable bonds is 5. The maximum atomic E-state index is 2.36. The molecule has 0 fully saturated rings. The molecule has 1 heterocycles. The molecule has 0 spiro atoms. The van der Waals surface area contributed by atoms with E-state index in [-0.39, 0.29) is 0 Å². The third-order valence-electron chi connectivity index (χ3n) is 8.49. The van der Waals surface area contributed by atoms with Gasteiger partial charge < -0.3 is 4.57 Å². The first-order valence-electron chi connectivity index (χ1n) is 14.6. The number of fused-ring (bicyclic) bond motifs is 4. The first-order chi connectivity index (χ1) is 20.8. The normalized spacial score (nSPS) is 11.4. The van der Waals surface area contributed by atoms with E-state index in [1.54, 1.807) is 0 Å². The molecule has 0 saturated heterocycles. The molecule has 0 aliphatic carbocycles. The molecule has 1 heteroatoms. The largest absolute Gasteiger partial charge is 0.309 e. The van der Waals surface area contributed by atoms with E-state index in [1.807, 2.05) is 0 Å². The van der Waals surface area contributed by atoms with Gasteiger partial charge in [-0.05, 0) is 74.8 Å². The zero-order valence-corrected chi connectivity index (χ0v) is 23.2. The molecule has 0 N–H and O–H groups in total. The third kappa shape index (κ3) is 4.27. The Balaban J connectivity index is 1.03. The van der Waals surface area contributed by atoms with Crippen molar-refractivity contribution in [3.05, 3.63) is 175 Å². The molecule has 42 heavy (non-hydrogen) atoms. The van der Waals surface area contributed by atoms with Crippen molar-refractivity contribution < 1.29 is 0 Å². The maximum Gasteiger partial charge on any atom is 0.0541 e. The minimum absolute atomic E-state index is 0.936. The number of para-hydroxylation sites is 2. The summed E-state index contributed by atoms with van der Waals surface area (Å²) in [4.78, 5) is 0. The van der Waals surface area contributed by atoms with E-state index in [4.69, 9.17) is 0 Å². The summed E-state index contributed by atoms with van der Waals surface area (Å²) < 4.78 is 2.36. The van der Waals surface area contributed by atoms with Crippen LogP contribution in [0.15, 0.2) is 164 Å². The highest BCUT2D eigenvalue weighted by Crippen LogP contribution is 2.33. The van der Waals surface area contributed by atoms with Gasteiger partial charge in [0.05, 0.1) is 11.0 Å². The van der Waals surface area contributed by atoms with Crippen LogP contribution in [-0.2, 0) is 6.42 Å². The Hall–Kier alpha value is -5.40. The van der Waals surface area contributed by atoms with Gasteiger partial charge >= 0.3 is 0 Å². The Kier molecular flexibility index (Phi) is 5.93. The molecule has 0 saturated carbocycles. The van der Waals surface area contributed by atoms with E-state index in [1.165, 1.54) is 71.6 Å². The Morgan fingerprint density at radius 1 is 0.357 bits per heavy atom. The first-order valence-corrected chi connectivity index (χ1v) is 14.6. The smallest absolute Gasteiger partial charge is 0.0541 e. The van der Waals surface area contributed by atoms with Crippen molar-refractivity contribution in [2.24, 2.45) is 0 Å². The molecule has 0 atom stereocenters. The highest BCUT2D eigenvalue weighted by Gasteiger charge is 2.11. The minimum Gasteiger partial charge on any atom is -0.309 e. The molecule has 8 aromatic rings. The van der Waals surface area contributed by atoms with Crippen LogP contribution in [0.5, 0.6) is 0 Å². The number of hydrogen-bond acceptors (Lipinski definition) is 0. The monoisotopic (exact) mass is 535 g/mol. The quantitative estimate of drug-likeness (QED) is 0.207. The van der Waals surface area contributed by atoms with Crippen molar-refractivity contribution in [1.82, 2.24) is 4.57 Å². The second-order valence-corrected chi connectivity index (χ2v) is 11.0. The molecule has 7 aromatic carbocycles. The molecule has 198 valence electrons. The van der Waals surface area contributed by atoms with Crippen LogP contribution in [0.1, 0.15) is 11.1 Å². The van der Waals surface area contributed by atoms with Crippen molar-refractivity contribution in [2.45, 2.75) is 6.42 Å². The Bertz CT molecular complexity index is 2120. The molecule has 0 amide bonds. The second-order valence-electron chi connectivity index (χ2n) is 11.0. The molecule has 1 aromatic heterocycles. The van der Waals surface area contributed by atoms with Gasteiger partial charge in [-0.25, -0.2) is 0 Å². The lowest BCUT2D eigenvalue weighted by Crippen LogP contribution is -1.93. The van der Waals surface area contributed by atoms with Crippen molar-refractivity contribution in [3.63, 3.8) is 0 Å². The summed E-state index contributed by atoms with van der Waals surface area (Å²) >= 11 is 0. The number of hydrogen-bond donors (Lipinski definition) is 0. The van der Waals surface area contributed by atoms with Gasteiger partial charge in [-0.1, -0.05) is 140 Å². The summed E-state index contributed by atoms with van der Waals surface area (Å²) in [6.07, 6.45) is 0.936. The molecule has 8 rings (SSSR count). The van der Waals surface area contributed by atoms with E-state index in [2.05, 4.69) is 168 Å². The first kappa shape index (κ1) is 24.4. The predicted molar refractivity (Wildman–Crippen MR) is 178 cm³/mol. The van der Waals surface area contributed by atoms with Gasteiger partial charge in [0.2, 0.25) is 0 Å². The van der Waals surface area contributed by atoms with E-state index >= 15 is 0 Å². The predicted octanol–water partition coefficient (Wildman–Crippen LogP) is 10.9. The fourth-order valence-electron chi connectivity index (χ4n) is 6.34. The second kappa shape index (κ2) is 10.2. The molecule has 0 unspecified atom stereocenters. The van der Waals surface area contributed by atoms with Gasteiger partial charge in [-0.2, -0.15) is 0 Å². The van der Waals surface area contributed by atoms with E-state index in [0.29, 0.717) is 0 Å². The average Bonchev–Trinajstić information content (AvgIpc) is 3.40. The zero-order valence-electron chi connectivity index (χ0n) is 23.2. The third-order valence-corrected chi connectivity index (χ3v) is 8.49. The van der Waals surface area contributed by atoms with E-state index in [9.17, 15) is 0 Å². The topological polar surface area (TPSA) is 4.93 Å². The minimum atomic E-state index is 0.936. The van der Waals surface area contributed by atoms with Crippen molar-refractivity contribution >= 4 is 32.6 Å². The number of aromatic nitrogens is 1. The number of benzene rings is 7. The van der Waals surface area contributed by atoms with Gasteiger partial charge in [-0.3, -0.25) is 0 Å². The molecular formula is C41H29N. The number of nitrogens with zero attached hydrogens (tertiary/aromatic N) is 1. The summed E-state index contributed by atoms with van der Waals surface area (Å²) in [5, 5.41) is 5.21. The lowest BCUT2D eigenvalue weighted by Gasteiger charge is -2.10. The summed E-state index contributed by atoms with van der Waals surface area (Å²) in [6.45, 7) is 0. The highest BCUT2D eigenvalue weighted by molar-refractivity contribution is 6.09. The van der Waals surface area contributed by atoms with Gasteiger partial charge in [-0.15, -0.1) is 0 Å². The summed E-state index contributed by atoms with van der Waals surface area (Å²) in [5.41, 5.74) is 11.3. The average molecular weight is 536 g/mol. The maximum absolute atomic E-state index is 2.36. The van der Waals surface area contributed by atoms with E-state index in [0.717, 1.165) is 6.42 Å². The van der Waals surface area contributed by atoms with Crippen LogP contribution in [0.2, 0.25) is 0 Å². The van der Waals surface area contributed by atoms with Crippen LogP contribution in [-0.4, -0.2) is 4.57 Å². The standard InChI is InChI=1S/C41H29N/c1-2-11-37-34(8-1)9-7-10-35(37)28-29-16-18-30(19-17-29)31-20-22-32(23-21-31)33-24-26-36(27-25-33)42-40-14-5-3-12-38(40)39-13-4-6-15-41(39)42/h1-27H,28H2.